The lowest BCUT2D eigenvalue weighted by Crippen LogP contribution is -2.56. The Kier molecular flexibility index (Phi) is 2.90. The maximum absolute atomic E-state index is 12.0. The minimum absolute atomic E-state index is 0.00358. The molecule has 2 N–H and O–H groups in total. The largest absolute Gasteiger partial charge is 0.344 e. The highest BCUT2D eigenvalue weighted by atomic mass is 16.2. The first-order valence-corrected chi connectivity index (χ1v) is 5.49. The summed E-state index contributed by atoms with van der Waals surface area (Å²) in [6.45, 7) is 4.45. The Hall–Kier alpha value is -1.10. The van der Waals surface area contributed by atoms with Crippen molar-refractivity contribution in [1.82, 2.24) is 15.5 Å². The molecule has 0 aromatic heterocycles. The van der Waals surface area contributed by atoms with Gasteiger partial charge in [0.15, 0.2) is 0 Å². The molecule has 0 aromatic carbocycles. The van der Waals surface area contributed by atoms with Gasteiger partial charge in [0.1, 0.15) is 6.04 Å². The van der Waals surface area contributed by atoms with Crippen LogP contribution in [0.3, 0.4) is 0 Å². The van der Waals surface area contributed by atoms with Gasteiger partial charge in [0.05, 0.1) is 0 Å². The Morgan fingerprint density at radius 2 is 2.33 bits per heavy atom. The molecule has 2 aliphatic heterocycles. The lowest BCUT2D eigenvalue weighted by molar-refractivity contribution is -0.137. The van der Waals surface area contributed by atoms with E-state index in [1.165, 1.54) is 0 Å². The normalized spacial score (nSPS) is 31.5. The van der Waals surface area contributed by atoms with Gasteiger partial charge in [-0.05, 0) is 13.3 Å². The van der Waals surface area contributed by atoms with Gasteiger partial charge in [0, 0.05) is 32.1 Å². The minimum atomic E-state index is -0.280. The second-order valence-corrected chi connectivity index (χ2v) is 4.24. The average molecular weight is 211 g/mol. The van der Waals surface area contributed by atoms with Crippen LogP contribution in [0.4, 0.5) is 0 Å². The van der Waals surface area contributed by atoms with Crippen molar-refractivity contribution >= 4 is 11.8 Å². The number of carbonyl (C=O) groups is 2. The molecule has 0 unspecified atom stereocenters. The first-order chi connectivity index (χ1) is 7.18. The molecule has 5 heteroatoms. The zero-order valence-corrected chi connectivity index (χ0v) is 8.95. The number of hydrogen-bond acceptors (Lipinski definition) is 3. The van der Waals surface area contributed by atoms with Crippen LogP contribution in [0.15, 0.2) is 0 Å². The molecule has 2 heterocycles. The zero-order chi connectivity index (χ0) is 10.8. The van der Waals surface area contributed by atoms with Crippen LogP contribution >= 0.6 is 0 Å². The van der Waals surface area contributed by atoms with Crippen molar-refractivity contribution in [3.63, 3.8) is 0 Å². The maximum Gasteiger partial charge on any atom is 0.245 e. The summed E-state index contributed by atoms with van der Waals surface area (Å²) in [4.78, 5) is 24.9. The van der Waals surface area contributed by atoms with Crippen molar-refractivity contribution in [2.75, 3.05) is 19.6 Å². The van der Waals surface area contributed by atoms with Gasteiger partial charge in [-0.25, -0.2) is 0 Å². The first-order valence-electron chi connectivity index (χ1n) is 5.49. The van der Waals surface area contributed by atoms with Crippen LogP contribution in [0.1, 0.15) is 19.8 Å². The van der Waals surface area contributed by atoms with Gasteiger partial charge >= 0.3 is 0 Å². The van der Waals surface area contributed by atoms with Gasteiger partial charge in [-0.15, -0.1) is 0 Å². The summed E-state index contributed by atoms with van der Waals surface area (Å²) >= 11 is 0. The highest BCUT2D eigenvalue weighted by molar-refractivity contribution is 5.91. The molecule has 0 spiro atoms. The van der Waals surface area contributed by atoms with Crippen LogP contribution in [-0.4, -0.2) is 48.4 Å². The molecule has 0 aromatic rings. The number of carbonyl (C=O) groups excluding carboxylic acids is 2. The fourth-order valence-corrected chi connectivity index (χ4v) is 2.17. The molecule has 15 heavy (non-hydrogen) atoms. The molecule has 5 nitrogen and oxygen atoms in total. The van der Waals surface area contributed by atoms with Crippen molar-refractivity contribution in [3.8, 4) is 0 Å². The van der Waals surface area contributed by atoms with E-state index in [4.69, 9.17) is 0 Å². The Labute approximate surface area is 89.2 Å². The van der Waals surface area contributed by atoms with E-state index in [9.17, 15) is 9.59 Å². The van der Waals surface area contributed by atoms with E-state index in [-0.39, 0.29) is 23.9 Å². The Balaban J connectivity index is 1.97. The highest BCUT2D eigenvalue weighted by Crippen LogP contribution is 2.12. The third kappa shape index (κ3) is 2.12. The Bertz CT molecular complexity index is 280. The van der Waals surface area contributed by atoms with Gasteiger partial charge in [0.2, 0.25) is 11.8 Å². The molecule has 0 saturated carbocycles. The van der Waals surface area contributed by atoms with E-state index in [0.717, 1.165) is 19.6 Å². The summed E-state index contributed by atoms with van der Waals surface area (Å²) in [6.07, 6.45) is 1.13. The Morgan fingerprint density at radius 1 is 1.53 bits per heavy atom. The fraction of sp³-hybridized carbons (Fsp3) is 0.800. The van der Waals surface area contributed by atoms with Gasteiger partial charge in [-0.1, -0.05) is 0 Å². The second-order valence-electron chi connectivity index (χ2n) is 4.24. The van der Waals surface area contributed by atoms with Gasteiger partial charge in [0.25, 0.3) is 0 Å². The third-order valence-corrected chi connectivity index (χ3v) is 3.08. The highest BCUT2D eigenvalue weighted by Gasteiger charge is 2.33. The molecule has 0 aliphatic carbocycles. The molecule has 0 bridgehead atoms. The molecule has 2 atom stereocenters. The van der Waals surface area contributed by atoms with Crippen LogP contribution in [0.5, 0.6) is 0 Å². The summed E-state index contributed by atoms with van der Waals surface area (Å²) in [5.74, 6) is 0.0750. The lowest BCUT2D eigenvalue weighted by Gasteiger charge is -2.35. The quantitative estimate of drug-likeness (QED) is 0.590. The minimum Gasteiger partial charge on any atom is -0.344 e. The van der Waals surface area contributed by atoms with E-state index in [0.29, 0.717) is 12.8 Å². The monoisotopic (exact) mass is 211 g/mol. The van der Waals surface area contributed by atoms with Crippen molar-refractivity contribution in [1.29, 1.82) is 0 Å². The number of amides is 2. The Morgan fingerprint density at radius 3 is 2.93 bits per heavy atom. The van der Waals surface area contributed by atoms with Crippen molar-refractivity contribution in [2.24, 2.45) is 0 Å². The second kappa shape index (κ2) is 4.18. The average Bonchev–Trinajstić information content (AvgIpc) is 2.65. The summed E-state index contributed by atoms with van der Waals surface area (Å²) in [7, 11) is 0. The molecule has 0 radical (unpaired) electrons. The number of nitrogens with one attached hydrogen (secondary N) is 2. The molecule has 2 aliphatic rings. The summed E-state index contributed by atoms with van der Waals surface area (Å²) in [5.41, 5.74) is 0. The van der Waals surface area contributed by atoms with E-state index >= 15 is 0 Å². The summed E-state index contributed by atoms with van der Waals surface area (Å²) in [6, 6.07) is -0.0539. The topological polar surface area (TPSA) is 61.4 Å². The molecule has 2 saturated heterocycles. The smallest absolute Gasteiger partial charge is 0.245 e. The van der Waals surface area contributed by atoms with Crippen LogP contribution in [0, 0.1) is 0 Å². The van der Waals surface area contributed by atoms with Crippen LogP contribution in [0.25, 0.3) is 0 Å². The van der Waals surface area contributed by atoms with Crippen LogP contribution in [0.2, 0.25) is 0 Å². The molecule has 84 valence electrons. The summed E-state index contributed by atoms with van der Waals surface area (Å²) in [5, 5.41) is 5.96. The van der Waals surface area contributed by atoms with Crippen molar-refractivity contribution in [2.45, 2.75) is 31.8 Å². The third-order valence-electron chi connectivity index (χ3n) is 3.08. The predicted octanol–water partition coefficient (Wildman–Crippen LogP) is -0.915. The molecular weight excluding hydrogens is 194 g/mol. The molecular formula is C10H17N3O2. The number of nitrogens with zero attached hydrogens (tertiary/aromatic N) is 1. The number of rotatable bonds is 1. The molecule has 2 fully saturated rings. The van der Waals surface area contributed by atoms with E-state index in [1.54, 1.807) is 0 Å². The van der Waals surface area contributed by atoms with E-state index in [2.05, 4.69) is 10.6 Å². The standard InChI is InChI=1S/C10H17N3O2/c1-7-6-11-4-5-13(7)10(15)8-2-3-9(14)12-8/h7-8,11H,2-6H2,1H3,(H,12,14)/t7-,8-/m1/s1. The summed E-state index contributed by atoms with van der Waals surface area (Å²) < 4.78 is 0. The number of hydrogen-bond donors (Lipinski definition) is 2. The first kappa shape index (κ1) is 10.4. The predicted molar refractivity (Wildman–Crippen MR) is 55.2 cm³/mol. The fourth-order valence-electron chi connectivity index (χ4n) is 2.17. The molecule has 2 rings (SSSR count). The molecule has 2 amide bonds. The zero-order valence-electron chi connectivity index (χ0n) is 8.95. The SMILES string of the molecule is C[C@@H]1CNCCN1C(=O)[C@H]1CCC(=O)N1. The van der Waals surface area contributed by atoms with Gasteiger partial charge in [-0.3, -0.25) is 9.59 Å². The lowest BCUT2D eigenvalue weighted by atomic mass is 10.1. The maximum atomic E-state index is 12.0. The van der Waals surface area contributed by atoms with E-state index < -0.39 is 0 Å². The van der Waals surface area contributed by atoms with Crippen LogP contribution < -0.4 is 10.6 Å². The number of piperazine rings is 1. The van der Waals surface area contributed by atoms with Crippen LogP contribution in [-0.2, 0) is 9.59 Å². The van der Waals surface area contributed by atoms with Gasteiger partial charge < -0.3 is 15.5 Å². The van der Waals surface area contributed by atoms with Gasteiger partial charge in [-0.2, -0.15) is 0 Å². The van der Waals surface area contributed by atoms with Crippen molar-refractivity contribution < 1.29 is 9.59 Å². The van der Waals surface area contributed by atoms with E-state index in [1.807, 2.05) is 11.8 Å². The van der Waals surface area contributed by atoms with Crippen molar-refractivity contribution in [3.05, 3.63) is 0 Å².